The summed E-state index contributed by atoms with van der Waals surface area (Å²) >= 11 is 6.01. The van der Waals surface area contributed by atoms with Crippen molar-refractivity contribution < 1.29 is 13.9 Å². The Labute approximate surface area is 199 Å². The van der Waals surface area contributed by atoms with Crippen molar-refractivity contribution in [1.82, 2.24) is 4.98 Å². The van der Waals surface area contributed by atoms with Gasteiger partial charge in [0.15, 0.2) is 0 Å². The summed E-state index contributed by atoms with van der Waals surface area (Å²) in [4.78, 5) is 27.9. The number of rotatable bonds is 5. The molecule has 1 aromatic heterocycles. The third-order valence-corrected chi connectivity index (χ3v) is 5.40. The average Bonchev–Trinajstić information content (AvgIpc) is 2.84. The lowest BCUT2D eigenvalue weighted by Crippen LogP contribution is -2.13. The third-order valence-electron chi connectivity index (χ3n) is 5.16. The summed E-state index contributed by atoms with van der Waals surface area (Å²) in [5, 5.41) is 12.7. The molecule has 0 aliphatic heterocycles. The minimum absolute atomic E-state index is 0.0497. The van der Waals surface area contributed by atoms with E-state index in [-0.39, 0.29) is 11.1 Å². The second-order valence-electron chi connectivity index (χ2n) is 7.30. The highest BCUT2D eigenvalue weighted by molar-refractivity contribution is 6.31. The summed E-state index contributed by atoms with van der Waals surface area (Å²) in [5.74, 6) is -0.415. The largest absolute Gasteiger partial charge is 0.496 e. The molecule has 4 aromatic rings. The molecule has 0 saturated heterocycles. The van der Waals surface area contributed by atoms with Crippen molar-refractivity contribution in [2.24, 2.45) is 0 Å². The molecule has 2 N–H and O–H groups in total. The Hall–Kier alpha value is -4.41. The number of carbonyl (C=O) groups excluding carboxylic acids is 1. The first-order valence-electron chi connectivity index (χ1n) is 10.1. The van der Waals surface area contributed by atoms with Crippen LogP contribution in [0.25, 0.3) is 22.4 Å². The molecule has 1 heterocycles. The number of methoxy groups -OCH3 is 1. The van der Waals surface area contributed by atoms with Gasteiger partial charge in [0.1, 0.15) is 23.2 Å². The van der Waals surface area contributed by atoms with Crippen molar-refractivity contribution in [3.05, 3.63) is 105 Å². The summed E-state index contributed by atoms with van der Waals surface area (Å²) in [6.07, 6.45) is 0. The number of H-pyrrole nitrogens is 1. The Morgan fingerprint density at radius 2 is 1.71 bits per heavy atom. The molecule has 0 atom stereocenters. The summed E-state index contributed by atoms with van der Waals surface area (Å²) in [5.41, 5.74) is 2.25. The monoisotopic (exact) mass is 473 g/mol. The fraction of sp³-hybridized carbons (Fsp3) is 0.0385. The van der Waals surface area contributed by atoms with Crippen LogP contribution in [0.5, 0.6) is 5.75 Å². The van der Waals surface area contributed by atoms with Crippen LogP contribution in [-0.2, 0) is 0 Å². The first kappa shape index (κ1) is 22.8. The van der Waals surface area contributed by atoms with Crippen molar-refractivity contribution in [3.8, 4) is 34.2 Å². The van der Waals surface area contributed by atoms with E-state index >= 15 is 0 Å². The Bertz CT molecular complexity index is 1470. The fourth-order valence-corrected chi connectivity index (χ4v) is 3.64. The highest BCUT2D eigenvalue weighted by atomic mass is 35.5. The van der Waals surface area contributed by atoms with Gasteiger partial charge in [0.2, 0.25) is 0 Å². The molecule has 0 aliphatic carbocycles. The van der Waals surface area contributed by atoms with E-state index in [2.05, 4.69) is 10.3 Å². The zero-order chi connectivity index (χ0) is 24.2. The quantitative estimate of drug-likeness (QED) is 0.392. The van der Waals surface area contributed by atoms with Gasteiger partial charge in [0.25, 0.3) is 11.5 Å². The number of hydrogen-bond acceptors (Lipinski definition) is 4. The maximum Gasteiger partial charge on any atom is 0.266 e. The first-order chi connectivity index (χ1) is 16.4. The number of benzene rings is 3. The van der Waals surface area contributed by atoms with Crippen LogP contribution < -0.4 is 15.6 Å². The molecule has 1 amide bonds. The highest BCUT2D eigenvalue weighted by Crippen LogP contribution is 2.28. The van der Waals surface area contributed by atoms with Crippen molar-refractivity contribution in [2.45, 2.75) is 0 Å². The number of hydrogen-bond donors (Lipinski definition) is 2. The standard InChI is InChI=1S/C26H17ClFN3O3/c1-34-24-11-6-17(27)12-21(24)25(32)30-19-9-4-15(5-10-19)20-13-23(31-26(33)22(20)14-29)16-2-7-18(28)8-3-16/h2-13H,1H3,(H,30,32)(H,31,33). The predicted molar refractivity (Wildman–Crippen MR) is 129 cm³/mol. The average molecular weight is 474 g/mol. The maximum absolute atomic E-state index is 13.3. The second-order valence-corrected chi connectivity index (χ2v) is 7.73. The smallest absolute Gasteiger partial charge is 0.266 e. The van der Waals surface area contributed by atoms with Gasteiger partial charge < -0.3 is 15.0 Å². The highest BCUT2D eigenvalue weighted by Gasteiger charge is 2.15. The Morgan fingerprint density at radius 1 is 1.03 bits per heavy atom. The SMILES string of the molecule is COc1ccc(Cl)cc1C(=O)Nc1ccc(-c2cc(-c3ccc(F)cc3)[nH]c(=O)c2C#N)cc1. The molecule has 0 fully saturated rings. The predicted octanol–water partition coefficient (Wildman–Crippen LogP) is 5.63. The van der Waals surface area contributed by atoms with E-state index in [1.54, 1.807) is 54.6 Å². The van der Waals surface area contributed by atoms with Gasteiger partial charge in [0, 0.05) is 22.0 Å². The van der Waals surface area contributed by atoms with Crippen molar-refractivity contribution >= 4 is 23.2 Å². The molecular weight excluding hydrogens is 457 g/mol. The van der Waals surface area contributed by atoms with Crippen LogP contribution in [0.15, 0.2) is 77.6 Å². The number of pyridine rings is 1. The fourth-order valence-electron chi connectivity index (χ4n) is 3.47. The van der Waals surface area contributed by atoms with Crippen molar-refractivity contribution in [2.75, 3.05) is 12.4 Å². The Morgan fingerprint density at radius 3 is 2.35 bits per heavy atom. The molecule has 0 radical (unpaired) electrons. The Kier molecular flexibility index (Phi) is 6.44. The molecule has 0 aliphatic rings. The van der Waals surface area contributed by atoms with Crippen LogP contribution in [0, 0.1) is 17.1 Å². The number of halogens is 2. The van der Waals surface area contributed by atoms with Crippen LogP contribution in [0.4, 0.5) is 10.1 Å². The molecule has 4 rings (SSSR count). The number of ether oxygens (including phenoxy) is 1. The number of anilines is 1. The Balaban J connectivity index is 1.66. The number of nitrogens with zero attached hydrogens (tertiary/aromatic N) is 1. The number of aromatic amines is 1. The van der Waals surface area contributed by atoms with Crippen LogP contribution in [-0.4, -0.2) is 18.0 Å². The van der Waals surface area contributed by atoms with E-state index in [9.17, 15) is 19.2 Å². The molecule has 0 bridgehead atoms. The van der Waals surface area contributed by atoms with E-state index in [0.29, 0.717) is 38.8 Å². The molecular formula is C26H17ClFN3O3. The lowest BCUT2D eigenvalue weighted by molar-refractivity contribution is 0.102. The minimum atomic E-state index is -0.551. The molecule has 0 unspecified atom stereocenters. The zero-order valence-corrected chi connectivity index (χ0v) is 18.6. The number of nitrogens with one attached hydrogen (secondary N) is 2. The van der Waals surface area contributed by atoms with Gasteiger partial charge in [-0.3, -0.25) is 9.59 Å². The van der Waals surface area contributed by atoms with Gasteiger partial charge in [0.05, 0.1) is 12.7 Å². The van der Waals surface area contributed by atoms with Gasteiger partial charge in [-0.1, -0.05) is 23.7 Å². The van der Waals surface area contributed by atoms with Crippen LogP contribution in [0.3, 0.4) is 0 Å². The molecule has 6 nitrogen and oxygen atoms in total. The number of amides is 1. The maximum atomic E-state index is 13.3. The summed E-state index contributed by atoms with van der Waals surface area (Å²) in [6, 6.07) is 20.7. The summed E-state index contributed by atoms with van der Waals surface area (Å²) in [6.45, 7) is 0. The lowest BCUT2D eigenvalue weighted by Gasteiger charge is -2.11. The van der Waals surface area contributed by atoms with Gasteiger partial charge >= 0.3 is 0 Å². The third kappa shape index (κ3) is 4.68. The molecule has 0 saturated carbocycles. The topological polar surface area (TPSA) is 95.0 Å². The lowest BCUT2D eigenvalue weighted by atomic mass is 9.99. The van der Waals surface area contributed by atoms with E-state index in [4.69, 9.17) is 16.3 Å². The van der Waals surface area contributed by atoms with Crippen LogP contribution in [0.1, 0.15) is 15.9 Å². The minimum Gasteiger partial charge on any atom is -0.496 e. The molecule has 168 valence electrons. The molecule has 34 heavy (non-hydrogen) atoms. The molecule has 3 aromatic carbocycles. The van der Waals surface area contributed by atoms with Crippen molar-refractivity contribution in [1.29, 1.82) is 5.26 Å². The van der Waals surface area contributed by atoms with Crippen LogP contribution >= 0.6 is 11.6 Å². The van der Waals surface area contributed by atoms with Gasteiger partial charge in [-0.2, -0.15) is 5.26 Å². The number of aromatic nitrogens is 1. The number of carbonyl (C=O) groups is 1. The normalized spacial score (nSPS) is 10.4. The number of nitriles is 1. The van der Waals surface area contributed by atoms with E-state index in [1.807, 2.05) is 6.07 Å². The van der Waals surface area contributed by atoms with Crippen molar-refractivity contribution in [3.63, 3.8) is 0 Å². The summed E-state index contributed by atoms with van der Waals surface area (Å²) < 4.78 is 18.5. The first-order valence-corrected chi connectivity index (χ1v) is 10.5. The van der Waals surface area contributed by atoms with E-state index < -0.39 is 17.3 Å². The van der Waals surface area contributed by atoms with Gasteiger partial charge in [-0.05, 0) is 71.8 Å². The van der Waals surface area contributed by atoms with Gasteiger partial charge in [-0.15, -0.1) is 0 Å². The second kappa shape index (κ2) is 9.61. The van der Waals surface area contributed by atoms with E-state index in [1.165, 1.54) is 25.3 Å². The molecule has 0 spiro atoms. The van der Waals surface area contributed by atoms with E-state index in [0.717, 1.165) is 0 Å². The van der Waals surface area contributed by atoms with Gasteiger partial charge in [-0.25, -0.2) is 4.39 Å². The van der Waals surface area contributed by atoms with Crippen LogP contribution in [0.2, 0.25) is 5.02 Å². The zero-order valence-electron chi connectivity index (χ0n) is 17.9. The summed E-state index contributed by atoms with van der Waals surface area (Å²) in [7, 11) is 1.46. The molecule has 8 heteroatoms.